The average Bonchev–Trinajstić information content (AvgIpc) is 3.01. The maximum Gasteiger partial charge on any atom is 0.231 e. The summed E-state index contributed by atoms with van der Waals surface area (Å²) in [7, 11) is -3.43. The number of rotatable bonds is 7. The second-order valence-corrected chi connectivity index (χ2v) is 7.38. The van der Waals surface area contributed by atoms with Crippen molar-refractivity contribution in [3.05, 3.63) is 59.4 Å². The van der Waals surface area contributed by atoms with Crippen LogP contribution in [-0.2, 0) is 22.2 Å². The first-order valence-corrected chi connectivity index (χ1v) is 9.27. The Balaban J connectivity index is 1.46. The summed E-state index contributed by atoms with van der Waals surface area (Å²) in [5, 5.41) is 0. The van der Waals surface area contributed by atoms with Crippen molar-refractivity contribution in [3.63, 3.8) is 0 Å². The van der Waals surface area contributed by atoms with E-state index in [4.69, 9.17) is 9.47 Å². The molecule has 2 aromatic carbocycles. The van der Waals surface area contributed by atoms with E-state index < -0.39 is 10.0 Å². The summed E-state index contributed by atoms with van der Waals surface area (Å²) < 4.78 is 50.0. The van der Waals surface area contributed by atoms with Crippen LogP contribution in [0, 0.1) is 5.82 Å². The van der Waals surface area contributed by atoms with Gasteiger partial charge in [0.1, 0.15) is 5.82 Å². The standard InChI is InChI=1S/C17H18FNO4S/c18-15-6-3-14(4-7-15)11-24(20,21)19-9-1-2-13-5-8-16-17(10-13)23-12-22-16/h3-8,10,19H,1-2,9,11-12H2. The molecule has 0 aromatic heterocycles. The van der Waals surface area contributed by atoms with Crippen LogP contribution in [-0.4, -0.2) is 21.8 Å². The SMILES string of the molecule is O=S(=O)(Cc1ccc(F)cc1)NCCCc1ccc2c(c1)OCO2. The van der Waals surface area contributed by atoms with Gasteiger partial charge in [0, 0.05) is 6.54 Å². The summed E-state index contributed by atoms with van der Waals surface area (Å²) in [4.78, 5) is 0. The first kappa shape index (κ1) is 16.7. The molecule has 2 aromatic rings. The zero-order valence-electron chi connectivity index (χ0n) is 13.0. The monoisotopic (exact) mass is 351 g/mol. The van der Waals surface area contributed by atoms with E-state index >= 15 is 0 Å². The zero-order valence-corrected chi connectivity index (χ0v) is 13.8. The van der Waals surface area contributed by atoms with Crippen molar-refractivity contribution in [2.45, 2.75) is 18.6 Å². The van der Waals surface area contributed by atoms with Crippen LogP contribution in [0.15, 0.2) is 42.5 Å². The van der Waals surface area contributed by atoms with E-state index in [9.17, 15) is 12.8 Å². The Morgan fingerprint density at radius 3 is 2.50 bits per heavy atom. The highest BCUT2D eigenvalue weighted by Gasteiger charge is 2.14. The molecule has 0 atom stereocenters. The number of nitrogens with one attached hydrogen (secondary N) is 1. The molecule has 5 nitrogen and oxygen atoms in total. The first-order chi connectivity index (χ1) is 11.5. The van der Waals surface area contributed by atoms with Gasteiger partial charge in [-0.25, -0.2) is 17.5 Å². The van der Waals surface area contributed by atoms with Gasteiger partial charge in [-0.15, -0.1) is 0 Å². The molecule has 128 valence electrons. The van der Waals surface area contributed by atoms with Crippen LogP contribution in [0.2, 0.25) is 0 Å². The van der Waals surface area contributed by atoms with E-state index in [1.54, 1.807) is 0 Å². The average molecular weight is 351 g/mol. The van der Waals surface area contributed by atoms with Crippen LogP contribution < -0.4 is 14.2 Å². The number of hydrogen-bond donors (Lipinski definition) is 1. The minimum atomic E-state index is -3.43. The van der Waals surface area contributed by atoms with Crippen LogP contribution in [0.3, 0.4) is 0 Å². The van der Waals surface area contributed by atoms with Crippen molar-refractivity contribution < 1.29 is 22.3 Å². The van der Waals surface area contributed by atoms with Gasteiger partial charge >= 0.3 is 0 Å². The van der Waals surface area contributed by atoms with Gasteiger partial charge in [0.05, 0.1) is 5.75 Å². The molecule has 0 aliphatic carbocycles. The molecule has 0 radical (unpaired) electrons. The van der Waals surface area contributed by atoms with Crippen LogP contribution in [0.5, 0.6) is 11.5 Å². The lowest BCUT2D eigenvalue weighted by Gasteiger charge is -2.07. The van der Waals surface area contributed by atoms with Gasteiger partial charge in [-0.05, 0) is 48.2 Å². The molecular formula is C17H18FNO4S. The maximum atomic E-state index is 12.8. The second-order valence-electron chi connectivity index (χ2n) is 5.57. The number of halogens is 1. The van der Waals surface area contributed by atoms with Gasteiger partial charge in [0.15, 0.2) is 11.5 Å². The third-order valence-electron chi connectivity index (χ3n) is 3.67. The summed E-state index contributed by atoms with van der Waals surface area (Å²) in [5.41, 5.74) is 1.62. The Labute approximate surface area is 140 Å². The van der Waals surface area contributed by atoms with Gasteiger partial charge in [-0.1, -0.05) is 18.2 Å². The van der Waals surface area contributed by atoms with Gasteiger partial charge in [0.25, 0.3) is 0 Å². The van der Waals surface area contributed by atoms with Crippen LogP contribution in [0.1, 0.15) is 17.5 Å². The van der Waals surface area contributed by atoms with E-state index in [1.165, 1.54) is 24.3 Å². The third kappa shape index (κ3) is 4.46. The maximum absolute atomic E-state index is 12.8. The number of sulfonamides is 1. The van der Waals surface area contributed by atoms with Gasteiger partial charge in [-0.3, -0.25) is 0 Å². The van der Waals surface area contributed by atoms with E-state index in [0.29, 0.717) is 18.5 Å². The highest BCUT2D eigenvalue weighted by molar-refractivity contribution is 7.88. The number of hydrogen-bond acceptors (Lipinski definition) is 4. The Bertz CT molecular complexity index is 806. The molecular weight excluding hydrogens is 333 g/mol. The van der Waals surface area contributed by atoms with Crippen molar-refractivity contribution >= 4 is 10.0 Å². The Kier molecular flexibility index (Phi) is 5.01. The molecule has 0 saturated carbocycles. The normalized spacial score (nSPS) is 13.2. The second kappa shape index (κ2) is 7.19. The molecule has 1 aliphatic rings. The molecule has 0 fully saturated rings. The smallest absolute Gasteiger partial charge is 0.231 e. The molecule has 0 bridgehead atoms. The molecule has 7 heteroatoms. The number of benzene rings is 2. The lowest BCUT2D eigenvalue weighted by Crippen LogP contribution is -2.26. The lowest BCUT2D eigenvalue weighted by molar-refractivity contribution is 0.174. The van der Waals surface area contributed by atoms with Gasteiger partial charge in [-0.2, -0.15) is 0 Å². The summed E-state index contributed by atoms with van der Waals surface area (Å²) in [6, 6.07) is 11.2. The predicted octanol–water partition coefficient (Wildman–Crippen LogP) is 2.61. The summed E-state index contributed by atoms with van der Waals surface area (Å²) in [6.07, 6.45) is 1.40. The van der Waals surface area contributed by atoms with Crippen LogP contribution in [0.25, 0.3) is 0 Å². The summed E-state index contributed by atoms with van der Waals surface area (Å²) >= 11 is 0. The predicted molar refractivity (Wildman–Crippen MR) is 87.9 cm³/mol. The van der Waals surface area contributed by atoms with Crippen molar-refractivity contribution in [2.75, 3.05) is 13.3 Å². The van der Waals surface area contributed by atoms with Gasteiger partial charge in [0.2, 0.25) is 16.8 Å². The molecule has 0 unspecified atom stereocenters. The minimum absolute atomic E-state index is 0.155. The van der Waals surface area contributed by atoms with Crippen molar-refractivity contribution in [1.29, 1.82) is 0 Å². The zero-order chi connectivity index (χ0) is 17.0. The van der Waals surface area contributed by atoms with Crippen LogP contribution in [0.4, 0.5) is 4.39 Å². The molecule has 1 aliphatic heterocycles. The van der Waals surface area contributed by atoms with Gasteiger partial charge < -0.3 is 9.47 Å². The van der Waals surface area contributed by atoms with E-state index in [-0.39, 0.29) is 18.4 Å². The Morgan fingerprint density at radius 1 is 1.00 bits per heavy atom. The summed E-state index contributed by atoms with van der Waals surface area (Å²) in [5.74, 6) is 0.924. The molecule has 0 amide bonds. The fraction of sp³-hybridized carbons (Fsp3) is 0.294. The first-order valence-electron chi connectivity index (χ1n) is 7.62. The van der Waals surface area contributed by atoms with E-state index in [2.05, 4.69) is 4.72 Å². The minimum Gasteiger partial charge on any atom is -0.454 e. The van der Waals surface area contributed by atoms with E-state index in [1.807, 2.05) is 18.2 Å². The third-order valence-corrected chi connectivity index (χ3v) is 5.03. The number of aryl methyl sites for hydroxylation is 1. The van der Waals surface area contributed by atoms with Crippen molar-refractivity contribution in [3.8, 4) is 11.5 Å². The Hall–Kier alpha value is -2.12. The fourth-order valence-electron chi connectivity index (χ4n) is 2.47. The van der Waals surface area contributed by atoms with Crippen molar-refractivity contribution in [2.24, 2.45) is 0 Å². The highest BCUT2D eigenvalue weighted by Crippen LogP contribution is 2.32. The van der Waals surface area contributed by atoms with Crippen LogP contribution >= 0.6 is 0 Å². The Morgan fingerprint density at radius 2 is 1.71 bits per heavy atom. The number of ether oxygens (including phenoxy) is 2. The molecule has 1 heterocycles. The largest absolute Gasteiger partial charge is 0.454 e. The summed E-state index contributed by atoms with van der Waals surface area (Å²) in [6.45, 7) is 0.583. The quantitative estimate of drug-likeness (QED) is 0.779. The molecule has 0 saturated heterocycles. The fourth-order valence-corrected chi connectivity index (χ4v) is 3.66. The number of fused-ring (bicyclic) bond motifs is 1. The van der Waals surface area contributed by atoms with Crippen molar-refractivity contribution in [1.82, 2.24) is 4.72 Å². The molecule has 1 N–H and O–H groups in total. The molecule has 0 spiro atoms. The lowest BCUT2D eigenvalue weighted by atomic mass is 10.1. The molecule has 3 rings (SSSR count). The highest BCUT2D eigenvalue weighted by atomic mass is 32.2. The van der Waals surface area contributed by atoms with E-state index in [0.717, 1.165) is 23.5 Å². The topological polar surface area (TPSA) is 64.6 Å². The molecule has 24 heavy (non-hydrogen) atoms.